The molecule has 3 heteroatoms. The summed E-state index contributed by atoms with van der Waals surface area (Å²) in [6.45, 7) is 2.66. The standard InChI is InChI=1S/C28H26IOP/c1-2-30-28(24-15-7-3-8-16-24)23-31(29,25-17-9-4-10-18-25,26-19-11-5-12-20-26)27-21-13-6-14-22-27/h3-23H,2H2,1H3/b28-23+. The molecule has 0 fully saturated rings. The molecule has 0 radical (unpaired) electrons. The summed E-state index contributed by atoms with van der Waals surface area (Å²) in [7, 11) is 0. The van der Waals surface area contributed by atoms with Crippen LogP contribution >= 0.6 is 26.3 Å². The Labute approximate surface area is 198 Å². The van der Waals surface area contributed by atoms with Gasteiger partial charge in [0.25, 0.3) is 0 Å². The molecule has 1 nitrogen and oxygen atoms in total. The summed E-state index contributed by atoms with van der Waals surface area (Å²) >= 11 is 2.76. The number of ether oxygens (including phenoxy) is 1. The molecule has 0 amide bonds. The quantitative estimate of drug-likeness (QED) is 0.142. The number of hydrogen-bond acceptors (Lipinski definition) is 1. The van der Waals surface area contributed by atoms with Gasteiger partial charge in [-0.05, 0) is 0 Å². The first-order valence-corrected chi connectivity index (χ1v) is 15.6. The van der Waals surface area contributed by atoms with Crippen molar-refractivity contribution in [2.45, 2.75) is 6.92 Å². The van der Waals surface area contributed by atoms with Gasteiger partial charge < -0.3 is 0 Å². The Hall–Kier alpha value is -2.42. The van der Waals surface area contributed by atoms with E-state index in [4.69, 9.17) is 4.74 Å². The summed E-state index contributed by atoms with van der Waals surface area (Å²) in [6.07, 6.45) is 0. The fraction of sp³-hybridized carbons (Fsp3) is 0.0714. The predicted molar refractivity (Wildman–Crippen MR) is 145 cm³/mol. The first-order chi connectivity index (χ1) is 15.2. The van der Waals surface area contributed by atoms with Crippen LogP contribution in [0.2, 0.25) is 0 Å². The van der Waals surface area contributed by atoms with Crippen molar-refractivity contribution >= 4 is 48.0 Å². The Balaban J connectivity index is 2.15. The molecule has 0 aliphatic heterocycles. The van der Waals surface area contributed by atoms with Gasteiger partial charge in [0.15, 0.2) is 0 Å². The molecule has 0 spiro atoms. The molecule has 0 saturated heterocycles. The number of halogens is 1. The second-order valence-corrected chi connectivity index (χ2v) is 17.3. The van der Waals surface area contributed by atoms with E-state index in [9.17, 15) is 0 Å². The fourth-order valence-corrected chi connectivity index (χ4v) is 11.9. The van der Waals surface area contributed by atoms with Crippen LogP contribution in [0.25, 0.3) is 5.76 Å². The molecule has 31 heavy (non-hydrogen) atoms. The summed E-state index contributed by atoms with van der Waals surface area (Å²) in [5, 5.41) is 3.92. The summed E-state index contributed by atoms with van der Waals surface area (Å²) in [5.41, 5.74) is 1.10. The van der Waals surface area contributed by atoms with Gasteiger partial charge in [0.05, 0.1) is 0 Å². The van der Waals surface area contributed by atoms with Gasteiger partial charge in [-0.15, -0.1) is 0 Å². The second kappa shape index (κ2) is 9.38. The fourth-order valence-electron chi connectivity index (χ4n) is 4.00. The molecule has 0 N–H and O–H groups in total. The maximum atomic E-state index is 6.30. The molecular weight excluding hydrogens is 510 g/mol. The third-order valence-electron chi connectivity index (χ3n) is 5.50. The predicted octanol–water partition coefficient (Wildman–Crippen LogP) is 6.90. The van der Waals surface area contributed by atoms with Gasteiger partial charge in [-0.2, -0.15) is 0 Å². The Bertz CT molecular complexity index is 1040. The summed E-state index contributed by atoms with van der Waals surface area (Å²) in [6, 6.07) is 43.1. The van der Waals surface area contributed by atoms with Gasteiger partial charge in [0, 0.05) is 0 Å². The molecule has 0 saturated carbocycles. The van der Waals surface area contributed by atoms with E-state index in [-0.39, 0.29) is 0 Å². The molecule has 156 valence electrons. The average Bonchev–Trinajstić information content (AvgIpc) is 2.86. The van der Waals surface area contributed by atoms with Gasteiger partial charge in [0.2, 0.25) is 0 Å². The van der Waals surface area contributed by atoms with Crippen molar-refractivity contribution in [1.29, 1.82) is 0 Å². The van der Waals surface area contributed by atoms with Crippen LogP contribution in [0.4, 0.5) is 0 Å². The molecule has 0 heterocycles. The second-order valence-electron chi connectivity index (χ2n) is 7.37. The van der Waals surface area contributed by atoms with E-state index < -0.39 is 4.25 Å². The average molecular weight is 536 g/mol. The van der Waals surface area contributed by atoms with Crippen LogP contribution in [0.5, 0.6) is 0 Å². The van der Waals surface area contributed by atoms with Gasteiger partial charge in [-0.1, -0.05) is 0 Å². The first-order valence-electron chi connectivity index (χ1n) is 10.5. The van der Waals surface area contributed by atoms with Gasteiger partial charge >= 0.3 is 199 Å². The molecule has 0 aliphatic carbocycles. The van der Waals surface area contributed by atoms with Crippen molar-refractivity contribution in [3.05, 3.63) is 133 Å². The molecule has 0 aromatic heterocycles. The zero-order chi connectivity index (χ0) is 21.6. The number of hydrogen-bond donors (Lipinski definition) is 0. The maximum absolute atomic E-state index is 6.30. The third kappa shape index (κ3) is 4.07. The zero-order valence-electron chi connectivity index (χ0n) is 17.6. The van der Waals surface area contributed by atoms with E-state index in [0.717, 1.165) is 11.3 Å². The zero-order valence-corrected chi connectivity index (χ0v) is 20.6. The van der Waals surface area contributed by atoms with Crippen molar-refractivity contribution < 1.29 is 4.74 Å². The Kier molecular flexibility index (Phi) is 6.60. The van der Waals surface area contributed by atoms with E-state index in [1.165, 1.54) is 15.9 Å². The molecule has 4 aromatic carbocycles. The summed E-state index contributed by atoms with van der Waals surface area (Å²) in [5.74, 6) is 3.34. The third-order valence-corrected chi connectivity index (χ3v) is 16.0. The normalized spacial score (nSPS) is 13.2. The molecule has 0 bridgehead atoms. The number of benzene rings is 4. The van der Waals surface area contributed by atoms with Crippen LogP contribution in [0.3, 0.4) is 0 Å². The van der Waals surface area contributed by atoms with Crippen LogP contribution in [0, 0.1) is 0 Å². The monoisotopic (exact) mass is 536 g/mol. The van der Waals surface area contributed by atoms with E-state index >= 15 is 0 Å². The van der Waals surface area contributed by atoms with Crippen LogP contribution in [0.15, 0.2) is 127 Å². The molecule has 4 rings (SSSR count). The Morgan fingerprint density at radius 2 is 1.00 bits per heavy atom. The molecule has 0 atom stereocenters. The molecule has 0 aliphatic rings. The van der Waals surface area contributed by atoms with Crippen LogP contribution in [0.1, 0.15) is 12.5 Å². The van der Waals surface area contributed by atoms with Gasteiger partial charge in [-0.3, -0.25) is 0 Å². The van der Waals surface area contributed by atoms with Crippen LogP contribution in [-0.4, -0.2) is 6.61 Å². The van der Waals surface area contributed by atoms with Gasteiger partial charge in [0.1, 0.15) is 0 Å². The molecule has 0 unspecified atom stereocenters. The summed E-state index contributed by atoms with van der Waals surface area (Å²) in [4.78, 5) is 0. The summed E-state index contributed by atoms with van der Waals surface area (Å²) < 4.78 is 3.26. The van der Waals surface area contributed by atoms with E-state index in [2.05, 4.69) is 143 Å². The Morgan fingerprint density at radius 3 is 1.35 bits per heavy atom. The number of rotatable bonds is 7. The molecule has 4 aromatic rings. The van der Waals surface area contributed by atoms with E-state index in [1.54, 1.807) is 0 Å². The van der Waals surface area contributed by atoms with E-state index in [1.807, 2.05) is 13.0 Å². The van der Waals surface area contributed by atoms with E-state index in [0.29, 0.717) is 6.61 Å². The van der Waals surface area contributed by atoms with Gasteiger partial charge in [-0.25, -0.2) is 0 Å². The SMILES string of the molecule is CCO/C(=C/P(I)(c1ccccc1)(c1ccccc1)c1ccccc1)c1ccccc1. The molecular formula is C28H26IOP. The van der Waals surface area contributed by atoms with Crippen molar-refractivity contribution in [1.82, 2.24) is 0 Å². The van der Waals surface area contributed by atoms with Crippen LogP contribution < -0.4 is 15.9 Å². The van der Waals surface area contributed by atoms with Crippen molar-refractivity contribution in [2.75, 3.05) is 6.61 Å². The minimum atomic E-state index is -3.04. The van der Waals surface area contributed by atoms with Crippen molar-refractivity contribution in [3.8, 4) is 0 Å². The van der Waals surface area contributed by atoms with Crippen molar-refractivity contribution in [2.24, 2.45) is 0 Å². The minimum absolute atomic E-state index is 0.613. The first kappa shape index (κ1) is 21.8. The van der Waals surface area contributed by atoms with Crippen LogP contribution in [-0.2, 0) is 4.74 Å². The Morgan fingerprint density at radius 1 is 0.645 bits per heavy atom. The van der Waals surface area contributed by atoms with Crippen molar-refractivity contribution in [3.63, 3.8) is 0 Å². The topological polar surface area (TPSA) is 9.23 Å².